The van der Waals surface area contributed by atoms with Crippen molar-refractivity contribution in [2.75, 3.05) is 6.54 Å². The van der Waals surface area contributed by atoms with Gasteiger partial charge in [-0.25, -0.2) is 4.39 Å². The van der Waals surface area contributed by atoms with Crippen molar-refractivity contribution in [1.29, 1.82) is 0 Å². The van der Waals surface area contributed by atoms with E-state index in [-0.39, 0.29) is 36.1 Å². The normalized spacial score (nSPS) is 10.7. The molecule has 1 rings (SSSR count). The number of nitrogens with one attached hydrogen (secondary N) is 1. The van der Waals surface area contributed by atoms with Crippen LogP contribution in [0.3, 0.4) is 0 Å². The molecule has 0 unspecified atom stereocenters. The van der Waals surface area contributed by atoms with E-state index in [0.29, 0.717) is 6.54 Å². The Kier molecular flexibility index (Phi) is 7.64. The Morgan fingerprint density at radius 1 is 1.26 bits per heavy atom. The first-order valence-electron chi connectivity index (χ1n) is 6.30. The third-order valence-corrected chi connectivity index (χ3v) is 3.43. The molecule has 0 spiro atoms. The lowest BCUT2D eigenvalue weighted by molar-refractivity contribution is -0.122. The van der Waals surface area contributed by atoms with Crippen LogP contribution in [0.25, 0.3) is 0 Å². The van der Waals surface area contributed by atoms with Crippen LogP contribution in [0.1, 0.15) is 32.3 Å². The van der Waals surface area contributed by atoms with Gasteiger partial charge in [-0.2, -0.15) is 0 Å². The van der Waals surface area contributed by atoms with Crippen LogP contribution in [0.2, 0.25) is 0 Å². The van der Waals surface area contributed by atoms with Crippen molar-refractivity contribution in [3.05, 3.63) is 35.6 Å². The number of benzene rings is 1. The van der Waals surface area contributed by atoms with Gasteiger partial charge in [-0.15, -0.1) is 12.4 Å². The van der Waals surface area contributed by atoms with Gasteiger partial charge in [0.15, 0.2) is 0 Å². The minimum Gasteiger partial charge on any atom is -0.349 e. The number of carbonyl (C=O) groups excluding carboxylic acids is 1. The van der Waals surface area contributed by atoms with E-state index in [1.54, 1.807) is 12.1 Å². The Balaban J connectivity index is 0.00000324. The fourth-order valence-corrected chi connectivity index (χ4v) is 1.89. The minimum atomic E-state index is -0.322. The summed E-state index contributed by atoms with van der Waals surface area (Å²) >= 11 is 0. The molecule has 0 heterocycles. The molecule has 0 aliphatic rings. The van der Waals surface area contributed by atoms with Gasteiger partial charge in [-0.3, -0.25) is 4.79 Å². The summed E-state index contributed by atoms with van der Waals surface area (Å²) < 4.78 is 12.7. The van der Waals surface area contributed by atoms with Crippen molar-refractivity contribution >= 4 is 18.3 Å². The average molecular weight is 289 g/mol. The molecule has 1 aromatic rings. The molecule has 0 atom stereocenters. The molecule has 3 nitrogen and oxygen atoms in total. The Morgan fingerprint density at radius 2 is 1.79 bits per heavy atom. The van der Waals surface area contributed by atoms with Crippen LogP contribution >= 0.6 is 12.4 Å². The summed E-state index contributed by atoms with van der Waals surface area (Å²) in [7, 11) is 0. The Hall–Kier alpha value is -1.13. The summed E-state index contributed by atoms with van der Waals surface area (Å²) in [6.45, 7) is 4.44. The van der Waals surface area contributed by atoms with Crippen molar-refractivity contribution in [3.8, 4) is 0 Å². The fraction of sp³-hybridized carbons (Fsp3) is 0.500. The van der Waals surface area contributed by atoms with Crippen molar-refractivity contribution in [1.82, 2.24) is 5.32 Å². The van der Waals surface area contributed by atoms with E-state index in [9.17, 15) is 9.18 Å². The van der Waals surface area contributed by atoms with Crippen LogP contribution in [0.5, 0.6) is 0 Å². The van der Waals surface area contributed by atoms with Crippen molar-refractivity contribution in [2.45, 2.75) is 38.6 Å². The van der Waals surface area contributed by atoms with Gasteiger partial charge >= 0.3 is 0 Å². The Labute approximate surface area is 120 Å². The largest absolute Gasteiger partial charge is 0.349 e. The van der Waals surface area contributed by atoms with Gasteiger partial charge in [0.25, 0.3) is 0 Å². The van der Waals surface area contributed by atoms with E-state index in [4.69, 9.17) is 5.73 Å². The number of nitrogens with two attached hydrogens (primary N) is 1. The first-order chi connectivity index (χ1) is 8.55. The standard InChI is InChI=1S/C14H21FN2O.ClH/c1-3-14(4-2,10-16)17-13(18)9-11-5-7-12(15)8-6-11;/h5-8H,3-4,9-10,16H2,1-2H3,(H,17,18);1H. The minimum absolute atomic E-state index is 0. The molecule has 19 heavy (non-hydrogen) atoms. The maximum atomic E-state index is 12.7. The van der Waals surface area contributed by atoms with Gasteiger partial charge in [-0.1, -0.05) is 26.0 Å². The number of carbonyl (C=O) groups is 1. The second kappa shape index (κ2) is 8.12. The molecule has 0 bridgehead atoms. The SMILES string of the molecule is CCC(CC)(CN)NC(=O)Cc1ccc(F)cc1.Cl. The van der Waals surface area contributed by atoms with E-state index in [2.05, 4.69) is 5.32 Å². The molecule has 0 saturated carbocycles. The first-order valence-corrected chi connectivity index (χ1v) is 6.30. The van der Waals surface area contributed by atoms with Crippen molar-refractivity contribution in [3.63, 3.8) is 0 Å². The van der Waals surface area contributed by atoms with Crippen LogP contribution in [-0.4, -0.2) is 18.0 Å². The lowest BCUT2D eigenvalue weighted by Gasteiger charge is -2.31. The fourth-order valence-electron chi connectivity index (χ4n) is 1.89. The highest BCUT2D eigenvalue weighted by Gasteiger charge is 2.25. The van der Waals surface area contributed by atoms with Crippen LogP contribution in [0, 0.1) is 5.82 Å². The predicted molar refractivity (Wildman–Crippen MR) is 77.9 cm³/mol. The molecule has 0 aromatic heterocycles. The predicted octanol–water partition coefficient (Wildman–Crippen LogP) is 2.42. The maximum Gasteiger partial charge on any atom is 0.224 e. The molecule has 1 aromatic carbocycles. The van der Waals surface area contributed by atoms with E-state index >= 15 is 0 Å². The molecule has 0 fully saturated rings. The summed E-state index contributed by atoms with van der Waals surface area (Å²) in [5.41, 5.74) is 6.20. The zero-order chi connectivity index (χ0) is 13.6. The van der Waals surface area contributed by atoms with Crippen molar-refractivity contribution in [2.24, 2.45) is 5.73 Å². The maximum absolute atomic E-state index is 12.7. The number of hydrogen-bond donors (Lipinski definition) is 2. The summed E-state index contributed by atoms with van der Waals surface area (Å²) in [5, 5.41) is 2.98. The smallest absolute Gasteiger partial charge is 0.224 e. The van der Waals surface area contributed by atoms with E-state index in [1.165, 1.54) is 12.1 Å². The van der Waals surface area contributed by atoms with Gasteiger partial charge in [0.2, 0.25) is 5.91 Å². The highest BCUT2D eigenvalue weighted by atomic mass is 35.5. The van der Waals surface area contributed by atoms with Gasteiger partial charge in [-0.05, 0) is 30.5 Å². The quantitative estimate of drug-likeness (QED) is 0.845. The summed E-state index contributed by atoms with van der Waals surface area (Å²) in [4.78, 5) is 11.9. The highest BCUT2D eigenvalue weighted by molar-refractivity contribution is 5.85. The summed E-state index contributed by atoms with van der Waals surface area (Å²) in [5.74, 6) is -0.367. The second-order valence-corrected chi connectivity index (χ2v) is 4.54. The summed E-state index contributed by atoms with van der Waals surface area (Å²) in [6, 6.07) is 5.96. The van der Waals surface area contributed by atoms with Gasteiger partial charge in [0, 0.05) is 6.54 Å². The molecule has 1 amide bonds. The number of halogens is 2. The lowest BCUT2D eigenvalue weighted by atomic mass is 9.92. The molecule has 108 valence electrons. The average Bonchev–Trinajstić information content (AvgIpc) is 2.39. The van der Waals surface area contributed by atoms with Gasteiger partial charge in [0.05, 0.1) is 12.0 Å². The van der Waals surface area contributed by atoms with Crippen LogP contribution in [-0.2, 0) is 11.2 Å². The lowest BCUT2D eigenvalue weighted by Crippen LogP contribution is -2.53. The Bertz CT molecular complexity index is 383. The second-order valence-electron chi connectivity index (χ2n) is 4.54. The first kappa shape index (κ1) is 17.9. The molecule has 0 saturated heterocycles. The molecule has 0 radical (unpaired) electrons. The molecule has 3 N–H and O–H groups in total. The van der Waals surface area contributed by atoms with E-state index in [1.807, 2.05) is 13.8 Å². The number of rotatable bonds is 6. The van der Waals surface area contributed by atoms with E-state index in [0.717, 1.165) is 18.4 Å². The molecule has 0 aliphatic carbocycles. The van der Waals surface area contributed by atoms with Crippen LogP contribution in [0.4, 0.5) is 4.39 Å². The molecule has 0 aliphatic heterocycles. The zero-order valence-electron chi connectivity index (χ0n) is 11.4. The van der Waals surface area contributed by atoms with Gasteiger partial charge in [0.1, 0.15) is 5.82 Å². The van der Waals surface area contributed by atoms with Crippen LogP contribution in [0.15, 0.2) is 24.3 Å². The highest BCUT2D eigenvalue weighted by Crippen LogP contribution is 2.13. The summed E-state index contributed by atoms with van der Waals surface area (Å²) in [6.07, 6.45) is 1.85. The van der Waals surface area contributed by atoms with Gasteiger partial charge < -0.3 is 11.1 Å². The molecular formula is C14H22ClFN2O. The third-order valence-electron chi connectivity index (χ3n) is 3.43. The zero-order valence-corrected chi connectivity index (χ0v) is 12.2. The molecular weight excluding hydrogens is 267 g/mol. The molecule has 5 heteroatoms. The van der Waals surface area contributed by atoms with E-state index < -0.39 is 0 Å². The number of amides is 1. The topological polar surface area (TPSA) is 55.1 Å². The van der Waals surface area contributed by atoms with Crippen LogP contribution < -0.4 is 11.1 Å². The van der Waals surface area contributed by atoms with Crippen molar-refractivity contribution < 1.29 is 9.18 Å². The monoisotopic (exact) mass is 288 g/mol. The third kappa shape index (κ3) is 5.17. The Morgan fingerprint density at radius 3 is 2.21 bits per heavy atom. The number of hydrogen-bond acceptors (Lipinski definition) is 2.